The van der Waals surface area contributed by atoms with Gasteiger partial charge in [0.15, 0.2) is 0 Å². The van der Waals surface area contributed by atoms with E-state index in [2.05, 4.69) is 0 Å². The molecule has 1 aliphatic heterocycles. The number of ether oxygens (including phenoxy) is 1. The number of nitrogen functional groups attached to an aromatic ring is 1. The maximum Gasteiger partial charge on any atom is 0.243 e. The molecule has 2 rings (SSSR count). The Balaban J connectivity index is 2.34. The fourth-order valence-corrected chi connectivity index (χ4v) is 3.14. The second kappa shape index (κ2) is 4.17. The summed E-state index contributed by atoms with van der Waals surface area (Å²) in [5.41, 5.74) is 6.00. The van der Waals surface area contributed by atoms with Crippen molar-refractivity contribution in [1.82, 2.24) is 4.31 Å². The largest absolute Gasteiger partial charge is 0.495 e. The van der Waals surface area contributed by atoms with E-state index in [1.54, 1.807) is 0 Å². The van der Waals surface area contributed by atoms with E-state index in [0.29, 0.717) is 11.4 Å². The summed E-state index contributed by atoms with van der Waals surface area (Å²) < 4.78 is 30.3. The molecule has 0 saturated carbocycles. The predicted molar refractivity (Wildman–Crippen MR) is 62.2 cm³/mol. The van der Waals surface area contributed by atoms with Crippen LogP contribution in [0.25, 0.3) is 0 Å². The van der Waals surface area contributed by atoms with Crippen LogP contribution in [0.15, 0.2) is 23.1 Å². The van der Waals surface area contributed by atoms with Gasteiger partial charge < -0.3 is 15.6 Å². The van der Waals surface area contributed by atoms with E-state index in [4.69, 9.17) is 15.6 Å². The molecule has 1 saturated heterocycles. The molecule has 7 heteroatoms. The fourth-order valence-electron chi connectivity index (χ4n) is 1.61. The Labute approximate surface area is 99.7 Å². The average Bonchev–Trinajstić information content (AvgIpc) is 2.25. The number of sulfonamides is 1. The van der Waals surface area contributed by atoms with Crippen LogP contribution < -0.4 is 10.5 Å². The minimum atomic E-state index is -3.55. The number of β-amino-alcohol motifs (C(OH)–C–C–N with tert-alkyl or cyclic N) is 1. The molecule has 0 aliphatic carbocycles. The third-order valence-corrected chi connectivity index (χ3v) is 4.50. The lowest BCUT2D eigenvalue weighted by atomic mass is 10.2. The minimum Gasteiger partial charge on any atom is -0.495 e. The minimum absolute atomic E-state index is 0.121. The molecule has 1 heterocycles. The number of methoxy groups -OCH3 is 1. The zero-order valence-electron chi connectivity index (χ0n) is 9.33. The summed E-state index contributed by atoms with van der Waals surface area (Å²) in [6.45, 7) is 0.268. The van der Waals surface area contributed by atoms with Crippen LogP contribution >= 0.6 is 0 Å². The molecule has 1 aromatic rings. The first-order chi connectivity index (χ1) is 7.95. The summed E-state index contributed by atoms with van der Waals surface area (Å²) in [5, 5.41) is 9.12. The second-order valence-electron chi connectivity index (χ2n) is 3.88. The van der Waals surface area contributed by atoms with E-state index in [1.807, 2.05) is 0 Å². The summed E-state index contributed by atoms with van der Waals surface area (Å²) in [7, 11) is -2.12. The third-order valence-electron chi connectivity index (χ3n) is 2.67. The van der Waals surface area contributed by atoms with E-state index in [1.165, 1.54) is 29.6 Å². The van der Waals surface area contributed by atoms with E-state index in [-0.39, 0.29) is 18.0 Å². The van der Waals surface area contributed by atoms with Gasteiger partial charge in [-0.1, -0.05) is 0 Å². The zero-order valence-corrected chi connectivity index (χ0v) is 10.1. The first-order valence-electron chi connectivity index (χ1n) is 5.07. The predicted octanol–water partition coefficient (Wildman–Crippen LogP) is -0.357. The SMILES string of the molecule is COc1cc(S(=O)(=O)N2CC(O)C2)ccc1N. The van der Waals surface area contributed by atoms with Crippen LogP contribution in [0.4, 0.5) is 5.69 Å². The summed E-state index contributed by atoms with van der Waals surface area (Å²) in [6, 6.07) is 4.30. The smallest absolute Gasteiger partial charge is 0.243 e. The Kier molecular flexibility index (Phi) is 2.98. The van der Waals surface area contributed by atoms with Crippen molar-refractivity contribution < 1.29 is 18.3 Å². The maximum absolute atomic E-state index is 12.1. The van der Waals surface area contributed by atoms with Gasteiger partial charge in [-0.15, -0.1) is 0 Å². The van der Waals surface area contributed by atoms with E-state index in [0.717, 1.165) is 0 Å². The molecule has 3 N–H and O–H groups in total. The van der Waals surface area contributed by atoms with Gasteiger partial charge in [0.2, 0.25) is 10.0 Å². The Morgan fingerprint density at radius 1 is 1.47 bits per heavy atom. The molecule has 0 bridgehead atoms. The lowest BCUT2D eigenvalue weighted by Gasteiger charge is -2.34. The Bertz CT molecular complexity index is 523. The topological polar surface area (TPSA) is 92.9 Å². The highest BCUT2D eigenvalue weighted by Gasteiger charge is 2.35. The summed E-state index contributed by atoms with van der Waals surface area (Å²) in [5.74, 6) is 0.326. The van der Waals surface area contributed by atoms with Gasteiger partial charge in [-0.05, 0) is 12.1 Å². The molecule has 0 radical (unpaired) electrons. The zero-order chi connectivity index (χ0) is 12.6. The molecule has 0 spiro atoms. The first-order valence-corrected chi connectivity index (χ1v) is 6.51. The maximum atomic E-state index is 12.1. The molecule has 17 heavy (non-hydrogen) atoms. The molecular weight excluding hydrogens is 244 g/mol. The molecule has 1 aliphatic rings. The number of benzene rings is 1. The van der Waals surface area contributed by atoms with Crippen molar-refractivity contribution in [3.8, 4) is 5.75 Å². The van der Waals surface area contributed by atoms with Gasteiger partial charge >= 0.3 is 0 Å². The van der Waals surface area contributed by atoms with Crippen LogP contribution in [0.1, 0.15) is 0 Å². The second-order valence-corrected chi connectivity index (χ2v) is 5.82. The van der Waals surface area contributed by atoms with E-state index in [9.17, 15) is 8.42 Å². The van der Waals surface area contributed by atoms with Crippen LogP contribution in [-0.4, -0.2) is 44.1 Å². The highest BCUT2D eigenvalue weighted by molar-refractivity contribution is 7.89. The van der Waals surface area contributed by atoms with Gasteiger partial charge in [0, 0.05) is 19.2 Å². The quantitative estimate of drug-likeness (QED) is 0.722. The fraction of sp³-hybridized carbons (Fsp3) is 0.400. The number of hydrogen-bond donors (Lipinski definition) is 2. The number of aliphatic hydroxyl groups excluding tert-OH is 1. The van der Waals surface area contributed by atoms with Crippen molar-refractivity contribution in [2.75, 3.05) is 25.9 Å². The Morgan fingerprint density at radius 2 is 2.12 bits per heavy atom. The van der Waals surface area contributed by atoms with Gasteiger partial charge in [0.1, 0.15) is 5.75 Å². The van der Waals surface area contributed by atoms with Crippen molar-refractivity contribution in [1.29, 1.82) is 0 Å². The molecule has 0 amide bonds. The average molecular weight is 258 g/mol. The number of nitrogens with zero attached hydrogens (tertiary/aromatic N) is 1. The molecule has 0 unspecified atom stereocenters. The van der Waals surface area contributed by atoms with Crippen molar-refractivity contribution in [2.24, 2.45) is 0 Å². The molecular formula is C10H14N2O4S. The summed E-state index contributed by atoms with van der Waals surface area (Å²) in [4.78, 5) is 0.121. The highest BCUT2D eigenvalue weighted by atomic mass is 32.2. The number of hydrogen-bond acceptors (Lipinski definition) is 5. The standard InChI is InChI=1S/C10H14N2O4S/c1-16-10-4-8(2-3-9(10)11)17(14,15)12-5-7(13)6-12/h2-4,7,13H,5-6,11H2,1H3. The highest BCUT2D eigenvalue weighted by Crippen LogP contribution is 2.28. The van der Waals surface area contributed by atoms with Gasteiger partial charge in [-0.2, -0.15) is 4.31 Å². The van der Waals surface area contributed by atoms with Gasteiger partial charge in [0.05, 0.1) is 23.8 Å². The van der Waals surface area contributed by atoms with E-state index < -0.39 is 16.1 Å². The van der Waals surface area contributed by atoms with Crippen molar-refractivity contribution in [2.45, 2.75) is 11.0 Å². The Hall–Kier alpha value is -1.31. The van der Waals surface area contributed by atoms with E-state index >= 15 is 0 Å². The molecule has 0 aromatic heterocycles. The van der Waals surface area contributed by atoms with Crippen molar-refractivity contribution in [3.05, 3.63) is 18.2 Å². The van der Waals surface area contributed by atoms with Crippen LogP contribution in [0.2, 0.25) is 0 Å². The third kappa shape index (κ3) is 2.08. The van der Waals surface area contributed by atoms with Gasteiger partial charge in [-0.25, -0.2) is 8.42 Å². The molecule has 0 atom stereocenters. The number of aliphatic hydroxyl groups is 1. The molecule has 1 fully saturated rings. The van der Waals surface area contributed by atoms with Crippen molar-refractivity contribution >= 4 is 15.7 Å². The lowest BCUT2D eigenvalue weighted by Crippen LogP contribution is -2.53. The van der Waals surface area contributed by atoms with Crippen LogP contribution in [0.3, 0.4) is 0 Å². The molecule has 1 aromatic carbocycles. The Morgan fingerprint density at radius 3 is 2.65 bits per heavy atom. The normalized spacial score (nSPS) is 17.8. The van der Waals surface area contributed by atoms with Crippen LogP contribution in [0, 0.1) is 0 Å². The number of anilines is 1. The summed E-state index contributed by atoms with van der Waals surface area (Å²) in [6.07, 6.45) is -0.569. The lowest BCUT2D eigenvalue weighted by molar-refractivity contribution is 0.0548. The number of nitrogens with two attached hydrogens (primary N) is 1. The van der Waals surface area contributed by atoms with Crippen LogP contribution in [-0.2, 0) is 10.0 Å². The monoisotopic (exact) mass is 258 g/mol. The molecule has 6 nitrogen and oxygen atoms in total. The van der Waals surface area contributed by atoms with Gasteiger partial charge in [-0.3, -0.25) is 0 Å². The number of rotatable bonds is 3. The van der Waals surface area contributed by atoms with Crippen LogP contribution in [0.5, 0.6) is 5.75 Å². The van der Waals surface area contributed by atoms with Gasteiger partial charge in [0.25, 0.3) is 0 Å². The molecule has 94 valence electrons. The first kappa shape index (κ1) is 12.2. The summed E-state index contributed by atoms with van der Waals surface area (Å²) >= 11 is 0. The van der Waals surface area contributed by atoms with Crippen molar-refractivity contribution in [3.63, 3.8) is 0 Å².